The van der Waals surface area contributed by atoms with Crippen LogP contribution in [0.25, 0.3) is 0 Å². The van der Waals surface area contributed by atoms with Crippen LogP contribution in [0.3, 0.4) is 0 Å². The minimum atomic E-state index is -1.29. The van der Waals surface area contributed by atoms with Gasteiger partial charge >= 0.3 is 5.97 Å². The van der Waals surface area contributed by atoms with Crippen molar-refractivity contribution in [1.29, 1.82) is 0 Å². The highest BCUT2D eigenvalue weighted by Gasteiger charge is 2.56. The van der Waals surface area contributed by atoms with E-state index in [9.17, 15) is 14.7 Å². The van der Waals surface area contributed by atoms with Crippen molar-refractivity contribution < 1.29 is 29.0 Å². The van der Waals surface area contributed by atoms with Crippen LogP contribution >= 0.6 is 0 Å². The van der Waals surface area contributed by atoms with Gasteiger partial charge in [0.15, 0.2) is 11.6 Å². The van der Waals surface area contributed by atoms with Crippen molar-refractivity contribution in [3.8, 4) is 0 Å². The lowest BCUT2D eigenvalue weighted by Gasteiger charge is -2.45. The van der Waals surface area contributed by atoms with Gasteiger partial charge in [0.2, 0.25) is 0 Å². The Morgan fingerprint density at radius 2 is 1.69 bits per heavy atom. The molecule has 5 atom stereocenters. The van der Waals surface area contributed by atoms with Crippen LogP contribution in [0.4, 0.5) is 0 Å². The second kappa shape index (κ2) is 13.5. The number of esters is 1. The van der Waals surface area contributed by atoms with Crippen molar-refractivity contribution in [2.24, 2.45) is 17.3 Å². The Labute approximate surface area is 250 Å². The maximum Gasteiger partial charge on any atom is 0.306 e. The standard InChI is InChI=1S/C36H46O6/c1-21(2)15-16-27(23(5)6)20-36(18-17-22(3)4)34(40)30(28(19-29(37)41-9)26-13-11-10-12-14-26)33(39)31-32(38)24(7)25(8)42-35(31)36/h10-15,17,24-25,27-28,39H,5,16,18-20H2,1-4,6-9H3/t24-,25-,27-,28+,36+/m1/s1. The first-order chi connectivity index (χ1) is 19.7. The second-order valence-electron chi connectivity index (χ2n) is 12.3. The summed E-state index contributed by atoms with van der Waals surface area (Å²) in [6.07, 6.45) is 4.74. The van der Waals surface area contributed by atoms with Gasteiger partial charge in [0.1, 0.15) is 17.6 Å². The van der Waals surface area contributed by atoms with E-state index in [4.69, 9.17) is 9.47 Å². The van der Waals surface area contributed by atoms with E-state index in [0.717, 1.165) is 16.7 Å². The van der Waals surface area contributed by atoms with E-state index in [2.05, 4.69) is 12.7 Å². The SMILES string of the molecule is C=C(C)[C@H](CC=C(C)C)C[C@@]1(CC=C(C)C)C(=O)C([C@@H](CC(=O)OC)c2ccccc2)=C(O)C2=C1O[C@H](C)[C@@H](C)C2=O. The molecule has 1 aliphatic heterocycles. The highest BCUT2D eigenvalue weighted by atomic mass is 16.5. The van der Waals surface area contributed by atoms with Gasteiger partial charge in [0.05, 0.1) is 30.4 Å². The molecule has 2 aliphatic rings. The molecule has 1 aromatic rings. The van der Waals surface area contributed by atoms with Crippen LogP contribution in [-0.2, 0) is 23.9 Å². The van der Waals surface area contributed by atoms with Crippen molar-refractivity contribution in [3.05, 3.63) is 94.0 Å². The summed E-state index contributed by atoms with van der Waals surface area (Å²) in [5.41, 5.74) is 2.56. The summed E-state index contributed by atoms with van der Waals surface area (Å²) >= 11 is 0. The first-order valence-corrected chi connectivity index (χ1v) is 14.7. The monoisotopic (exact) mass is 574 g/mol. The van der Waals surface area contributed by atoms with E-state index in [0.29, 0.717) is 18.4 Å². The van der Waals surface area contributed by atoms with Crippen molar-refractivity contribution in [2.75, 3.05) is 7.11 Å². The molecule has 0 fully saturated rings. The molecular formula is C36H46O6. The Hall–Kier alpha value is -3.67. The number of hydrogen-bond acceptors (Lipinski definition) is 6. The smallest absolute Gasteiger partial charge is 0.306 e. The summed E-state index contributed by atoms with van der Waals surface area (Å²) < 4.78 is 11.5. The third-order valence-electron chi connectivity index (χ3n) is 8.61. The third kappa shape index (κ3) is 6.69. The van der Waals surface area contributed by atoms with Gasteiger partial charge in [-0.25, -0.2) is 0 Å². The fourth-order valence-corrected chi connectivity index (χ4v) is 5.81. The van der Waals surface area contributed by atoms with Gasteiger partial charge in [-0.3, -0.25) is 14.4 Å². The summed E-state index contributed by atoms with van der Waals surface area (Å²) in [6, 6.07) is 9.12. The zero-order valence-electron chi connectivity index (χ0n) is 26.4. The molecule has 6 heteroatoms. The molecule has 0 bridgehead atoms. The minimum Gasteiger partial charge on any atom is -0.507 e. The van der Waals surface area contributed by atoms with Gasteiger partial charge in [-0.15, -0.1) is 0 Å². The second-order valence-corrected chi connectivity index (χ2v) is 12.3. The van der Waals surface area contributed by atoms with E-state index in [-0.39, 0.29) is 47.2 Å². The number of benzene rings is 1. The molecule has 0 saturated carbocycles. The zero-order chi connectivity index (χ0) is 31.4. The molecule has 6 nitrogen and oxygen atoms in total. The maximum absolute atomic E-state index is 15.1. The highest BCUT2D eigenvalue weighted by molar-refractivity contribution is 6.13. The van der Waals surface area contributed by atoms with Crippen LogP contribution in [0, 0.1) is 17.3 Å². The first-order valence-electron chi connectivity index (χ1n) is 14.7. The summed E-state index contributed by atoms with van der Waals surface area (Å²) in [5.74, 6) is -2.76. The molecule has 1 aromatic carbocycles. The number of Topliss-reactive ketones (excluding diaryl/α,β-unsaturated/α-hetero) is 2. The molecule has 0 saturated heterocycles. The van der Waals surface area contributed by atoms with E-state index in [1.807, 2.05) is 78.0 Å². The quantitative estimate of drug-likeness (QED) is 0.214. The fourth-order valence-electron chi connectivity index (χ4n) is 5.81. The Balaban J connectivity index is 2.41. The maximum atomic E-state index is 15.1. The van der Waals surface area contributed by atoms with Crippen molar-refractivity contribution >= 4 is 17.5 Å². The average molecular weight is 575 g/mol. The molecule has 0 aromatic heterocycles. The normalized spacial score (nSPS) is 23.4. The zero-order valence-corrected chi connectivity index (χ0v) is 26.4. The third-order valence-corrected chi connectivity index (χ3v) is 8.61. The molecule has 0 amide bonds. The van der Waals surface area contributed by atoms with Crippen molar-refractivity contribution in [2.45, 2.75) is 86.2 Å². The lowest BCUT2D eigenvalue weighted by molar-refractivity contribution is -0.140. The summed E-state index contributed by atoms with van der Waals surface area (Å²) in [7, 11) is 1.29. The number of carbonyl (C=O) groups is 3. The molecule has 226 valence electrons. The minimum absolute atomic E-state index is 0.0471. The lowest BCUT2D eigenvalue weighted by Crippen LogP contribution is -2.48. The molecule has 1 N–H and O–H groups in total. The van der Waals surface area contributed by atoms with Crippen molar-refractivity contribution in [3.63, 3.8) is 0 Å². The van der Waals surface area contributed by atoms with Crippen LogP contribution in [-0.4, -0.2) is 35.9 Å². The average Bonchev–Trinajstić information content (AvgIpc) is 2.94. The lowest BCUT2D eigenvalue weighted by atomic mass is 9.61. The van der Waals surface area contributed by atoms with Gasteiger partial charge in [-0.1, -0.05) is 72.7 Å². The van der Waals surface area contributed by atoms with Crippen LogP contribution in [0.1, 0.15) is 85.6 Å². The molecule has 3 rings (SSSR count). The van der Waals surface area contributed by atoms with Gasteiger partial charge < -0.3 is 14.6 Å². The molecule has 0 unspecified atom stereocenters. The Bertz CT molecular complexity index is 1350. The fraction of sp³-hybridized carbons (Fsp3) is 0.472. The summed E-state index contributed by atoms with van der Waals surface area (Å²) in [4.78, 5) is 41.8. The van der Waals surface area contributed by atoms with E-state index in [1.165, 1.54) is 7.11 Å². The van der Waals surface area contributed by atoms with Gasteiger partial charge in [0, 0.05) is 11.5 Å². The Morgan fingerprint density at radius 3 is 2.24 bits per heavy atom. The van der Waals surface area contributed by atoms with Gasteiger partial charge in [0.25, 0.3) is 0 Å². The number of methoxy groups -OCH3 is 1. The number of aliphatic hydroxyl groups excluding tert-OH is 1. The van der Waals surface area contributed by atoms with Crippen LogP contribution in [0.15, 0.2) is 88.4 Å². The highest BCUT2D eigenvalue weighted by Crippen LogP contribution is 2.54. The predicted octanol–water partition coefficient (Wildman–Crippen LogP) is 7.89. The molecule has 0 spiro atoms. The number of carbonyl (C=O) groups excluding carboxylic acids is 3. The number of allylic oxidation sites excluding steroid dienone is 8. The largest absolute Gasteiger partial charge is 0.507 e. The van der Waals surface area contributed by atoms with Crippen molar-refractivity contribution in [1.82, 2.24) is 0 Å². The first kappa shape index (κ1) is 32.8. The topological polar surface area (TPSA) is 89.9 Å². The van der Waals surface area contributed by atoms with E-state index in [1.54, 1.807) is 6.92 Å². The summed E-state index contributed by atoms with van der Waals surface area (Å²) in [6.45, 7) is 17.8. The predicted molar refractivity (Wildman–Crippen MR) is 166 cm³/mol. The Morgan fingerprint density at radius 1 is 1.07 bits per heavy atom. The number of hydrogen-bond donors (Lipinski definition) is 1. The molecule has 1 aliphatic carbocycles. The Kier molecular flexibility index (Phi) is 10.6. The number of rotatable bonds is 11. The molecule has 42 heavy (non-hydrogen) atoms. The van der Waals surface area contributed by atoms with Crippen LogP contribution in [0.5, 0.6) is 0 Å². The molecule has 0 radical (unpaired) electrons. The van der Waals surface area contributed by atoms with Gasteiger partial charge in [-0.05, 0) is 72.3 Å². The van der Waals surface area contributed by atoms with E-state index >= 15 is 4.79 Å². The number of ether oxygens (including phenoxy) is 2. The van der Waals surface area contributed by atoms with Crippen LogP contribution in [0.2, 0.25) is 0 Å². The van der Waals surface area contributed by atoms with Crippen LogP contribution < -0.4 is 0 Å². The molecular weight excluding hydrogens is 528 g/mol. The van der Waals surface area contributed by atoms with Gasteiger partial charge in [-0.2, -0.15) is 0 Å². The number of aliphatic hydroxyl groups is 1. The summed E-state index contributed by atoms with van der Waals surface area (Å²) in [5, 5.41) is 11.9. The van der Waals surface area contributed by atoms with E-state index < -0.39 is 35.1 Å². The molecule has 1 heterocycles. The number of ketones is 2.